The van der Waals surface area contributed by atoms with Crippen LogP contribution in [-0.4, -0.2) is 36.5 Å². The van der Waals surface area contributed by atoms with Gasteiger partial charge in [-0.15, -0.1) is 0 Å². The van der Waals surface area contributed by atoms with Crippen molar-refractivity contribution in [2.24, 2.45) is 5.73 Å². The second-order valence-electron chi connectivity index (χ2n) is 3.99. The summed E-state index contributed by atoms with van der Waals surface area (Å²) < 4.78 is 5.38. The SMILES string of the molecule is NC1CCN(C(=O)COc2ccccc2)C1. The first-order chi connectivity index (χ1) is 7.75. The van der Waals surface area contributed by atoms with Gasteiger partial charge in [0.05, 0.1) is 0 Å². The molecule has 0 saturated carbocycles. The van der Waals surface area contributed by atoms with Crippen LogP contribution in [0, 0.1) is 0 Å². The standard InChI is InChI=1S/C12H16N2O2/c13-10-6-7-14(8-10)12(15)9-16-11-4-2-1-3-5-11/h1-5,10H,6-9,13H2. The van der Waals surface area contributed by atoms with Crippen molar-refractivity contribution in [2.75, 3.05) is 19.7 Å². The minimum absolute atomic E-state index is 0.0109. The van der Waals surface area contributed by atoms with Gasteiger partial charge in [-0.05, 0) is 18.6 Å². The van der Waals surface area contributed by atoms with Crippen molar-refractivity contribution in [1.82, 2.24) is 4.90 Å². The van der Waals surface area contributed by atoms with Gasteiger partial charge >= 0.3 is 0 Å². The minimum atomic E-state index is 0.0109. The number of ether oxygens (including phenoxy) is 1. The fraction of sp³-hybridized carbons (Fsp3) is 0.417. The number of amides is 1. The molecule has 2 N–H and O–H groups in total. The van der Waals surface area contributed by atoms with Crippen LogP contribution in [0.4, 0.5) is 0 Å². The molecule has 4 heteroatoms. The number of carbonyl (C=O) groups excluding carboxylic acids is 1. The molecule has 16 heavy (non-hydrogen) atoms. The van der Waals surface area contributed by atoms with Crippen LogP contribution >= 0.6 is 0 Å². The van der Waals surface area contributed by atoms with E-state index in [1.165, 1.54) is 0 Å². The summed E-state index contributed by atoms with van der Waals surface area (Å²) in [6, 6.07) is 9.47. The Morgan fingerprint density at radius 2 is 2.19 bits per heavy atom. The number of hydrogen-bond donors (Lipinski definition) is 1. The maximum Gasteiger partial charge on any atom is 0.260 e. The lowest BCUT2D eigenvalue weighted by molar-refractivity contribution is -0.132. The number of likely N-dealkylation sites (tertiary alicyclic amines) is 1. The van der Waals surface area contributed by atoms with E-state index >= 15 is 0 Å². The number of carbonyl (C=O) groups is 1. The van der Waals surface area contributed by atoms with Crippen LogP contribution in [0.2, 0.25) is 0 Å². The van der Waals surface area contributed by atoms with E-state index in [0.717, 1.165) is 18.7 Å². The molecule has 0 spiro atoms. The number of nitrogens with zero attached hydrogens (tertiary/aromatic N) is 1. The van der Waals surface area contributed by atoms with Gasteiger partial charge in [0.25, 0.3) is 5.91 Å². The fourth-order valence-corrected chi connectivity index (χ4v) is 1.77. The van der Waals surface area contributed by atoms with Crippen LogP contribution in [0.5, 0.6) is 5.75 Å². The maximum atomic E-state index is 11.7. The topological polar surface area (TPSA) is 55.6 Å². The molecule has 1 aliphatic heterocycles. The van der Waals surface area contributed by atoms with E-state index in [2.05, 4.69) is 0 Å². The zero-order valence-corrected chi connectivity index (χ0v) is 9.13. The lowest BCUT2D eigenvalue weighted by Gasteiger charge is -2.15. The van der Waals surface area contributed by atoms with Gasteiger partial charge < -0.3 is 15.4 Å². The summed E-state index contributed by atoms with van der Waals surface area (Å²) in [6.45, 7) is 1.49. The Morgan fingerprint density at radius 1 is 1.44 bits per heavy atom. The Bertz CT molecular complexity index is 353. The van der Waals surface area contributed by atoms with E-state index in [0.29, 0.717) is 6.54 Å². The van der Waals surface area contributed by atoms with E-state index in [-0.39, 0.29) is 18.6 Å². The molecular formula is C12H16N2O2. The molecule has 0 aliphatic carbocycles. The van der Waals surface area contributed by atoms with Gasteiger partial charge in [-0.25, -0.2) is 0 Å². The smallest absolute Gasteiger partial charge is 0.260 e. The molecule has 1 fully saturated rings. The third kappa shape index (κ3) is 2.73. The largest absolute Gasteiger partial charge is 0.484 e. The van der Waals surface area contributed by atoms with Crippen LogP contribution in [-0.2, 0) is 4.79 Å². The average molecular weight is 220 g/mol. The second-order valence-corrected chi connectivity index (χ2v) is 3.99. The minimum Gasteiger partial charge on any atom is -0.484 e. The summed E-state index contributed by atoms with van der Waals surface area (Å²) in [5.41, 5.74) is 5.74. The number of hydrogen-bond acceptors (Lipinski definition) is 3. The molecular weight excluding hydrogens is 204 g/mol. The van der Waals surface area contributed by atoms with Gasteiger partial charge in [-0.2, -0.15) is 0 Å². The van der Waals surface area contributed by atoms with Gasteiger partial charge in [0.15, 0.2) is 6.61 Å². The summed E-state index contributed by atoms with van der Waals surface area (Å²) in [5.74, 6) is 0.733. The molecule has 0 bridgehead atoms. The van der Waals surface area contributed by atoms with Crippen molar-refractivity contribution in [3.8, 4) is 5.75 Å². The zero-order valence-electron chi connectivity index (χ0n) is 9.13. The molecule has 1 unspecified atom stereocenters. The van der Waals surface area contributed by atoms with Gasteiger partial charge in [-0.1, -0.05) is 18.2 Å². The Hall–Kier alpha value is -1.55. The van der Waals surface area contributed by atoms with E-state index in [4.69, 9.17) is 10.5 Å². The maximum absolute atomic E-state index is 11.7. The molecule has 2 rings (SSSR count). The van der Waals surface area contributed by atoms with E-state index in [1.54, 1.807) is 4.90 Å². The van der Waals surface area contributed by atoms with Crippen LogP contribution in [0.15, 0.2) is 30.3 Å². The highest BCUT2D eigenvalue weighted by Crippen LogP contribution is 2.10. The molecule has 1 heterocycles. The molecule has 0 radical (unpaired) electrons. The molecule has 1 saturated heterocycles. The Kier molecular flexibility index (Phi) is 3.41. The average Bonchev–Trinajstić information content (AvgIpc) is 2.74. The Morgan fingerprint density at radius 3 is 2.81 bits per heavy atom. The summed E-state index contributed by atoms with van der Waals surface area (Å²) in [7, 11) is 0. The highest BCUT2D eigenvalue weighted by atomic mass is 16.5. The summed E-state index contributed by atoms with van der Waals surface area (Å²) in [6.07, 6.45) is 0.886. The van der Waals surface area contributed by atoms with E-state index in [9.17, 15) is 4.79 Å². The third-order valence-electron chi connectivity index (χ3n) is 2.68. The monoisotopic (exact) mass is 220 g/mol. The molecule has 1 amide bonds. The predicted molar refractivity (Wildman–Crippen MR) is 61.1 cm³/mol. The zero-order chi connectivity index (χ0) is 11.4. The fourth-order valence-electron chi connectivity index (χ4n) is 1.77. The molecule has 1 aliphatic rings. The quantitative estimate of drug-likeness (QED) is 0.812. The Labute approximate surface area is 95.0 Å². The number of benzene rings is 1. The summed E-state index contributed by atoms with van der Waals surface area (Å²) in [4.78, 5) is 13.5. The van der Waals surface area contributed by atoms with Crippen molar-refractivity contribution in [1.29, 1.82) is 0 Å². The number of rotatable bonds is 3. The van der Waals surface area contributed by atoms with Crippen LogP contribution < -0.4 is 10.5 Å². The summed E-state index contributed by atoms with van der Waals surface area (Å²) >= 11 is 0. The summed E-state index contributed by atoms with van der Waals surface area (Å²) in [5, 5.41) is 0. The lowest BCUT2D eigenvalue weighted by atomic mass is 10.3. The predicted octanol–water partition coefficient (Wildman–Crippen LogP) is 0.625. The molecule has 86 valence electrons. The van der Waals surface area contributed by atoms with Gasteiger partial charge in [0, 0.05) is 19.1 Å². The first-order valence-corrected chi connectivity index (χ1v) is 5.47. The normalized spacial score (nSPS) is 19.8. The van der Waals surface area contributed by atoms with E-state index in [1.807, 2.05) is 30.3 Å². The second kappa shape index (κ2) is 4.99. The molecule has 1 atom stereocenters. The highest BCUT2D eigenvalue weighted by molar-refractivity contribution is 5.78. The molecule has 0 aromatic heterocycles. The van der Waals surface area contributed by atoms with Crippen LogP contribution in [0.3, 0.4) is 0 Å². The Balaban J connectivity index is 1.80. The molecule has 1 aromatic carbocycles. The van der Waals surface area contributed by atoms with Crippen LogP contribution in [0.25, 0.3) is 0 Å². The molecule has 1 aromatic rings. The lowest BCUT2D eigenvalue weighted by Crippen LogP contribution is -2.35. The van der Waals surface area contributed by atoms with Gasteiger partial charge in [0.1, 0.15) is 5.75 Å². The highest BCUT2D eigenvalue weighted by Gasteiger charge is 2.23. The van der Waals surface area contributed by atoms with Crippen molar-refractivity contribution in [3.05, 3.63) is 30.3 Å². The van der Waals surface area contributed by atoms with E-state index < -0.39 is 0 Å². The van der Waals surface area contributed by atoms with Crippen molar-refractivity contribution in [2.45, 2.75) is 12.5 Å². The van der Waals surface area contributed by atoms with Crippen molar-refractivity contribution >= 4 is 5.91 Å². The van der Waals surface area contributed by atoms with Gasteiger partial charge in [-0.3, -0.25) is 4.79 Å². The first-order valence-electron chi connectivity index (χ1n) is 5.47. The van der Waals surface area contributed by atoms with Crippen LogP contribution in [0.1, 0.15) is 6.42 Å². The van der Waals surface area contributed by atoms with Crippen molar-refractivity contribution in [3.63, 3.8) is 0 Å². The molecule has 4 nitrogen and oxygen atoms in total. The number of para-hydroxylation sites is 1. The van der Waals surface area contributed by atoms with Crippen molar-refractivity contribution < 1.29 is 9.53 Å². The van der Waals surface area contributed by atoms with Gasteiger partial charge in [0.2, 0.25) is 0 Å². The third-order valence-corrected chi connectivity index (χ3v) is 2.68. The first kappa shape index (κ1) is 11.0. The number of nitrogens with two attached hydrogens (primary N) is 1.